The number of rotatable bonds is 4. The Hall–Kier alpha value is -2.58. The Balaban J connectivity index is 1.33. The number of nitrogens with zero attached hydrogens (tertiary/aromatic N) is 5. The molecule has 2 aromatic heterocycles. The van der Waals surface area contributed by atoms with Crippen LogP contribution in [-0.4, -0.2) is 57.1 Å². The summed E-state index contributed by atoms with van der Waals surface area (Å²) in [4.78, 5) is 28.9. The number of hydroxylamine groups is 1. The van der Waals surface area contributed by atoms with E-state index in [0.29, 0.717) is 11.4 Å². The molecule has 4 heterocycles. The average molecular weight is 368 g/mol. The minimum Gasteiger partial charge on any atom is -0.341 e. The molecule has 0 atom stereocenters. The highest BCUT2D eigenvalue weighted by Crippen LogP contribution is 2.41. The fourth-order valence-corrected chi connectivity index (χ4v) is 4.17. The summed E-state index contributed by atoms with van der Waals surface area (Å²) in [6.45, 7) is 5.08. The van der Waals surface area contributed by atoms with E-state index >= 15 is 0 Å². The highest BCUT2D eigenvalue weighted by molar-refractivity contribution is 5.92. The van der Waals surface area contributed by atoms with Gasteiger partial charge in [-0.25, -0.2) is 15.4 Å². The molecule has 1 spiro atoms. The quantitative estimate of drug-likeness (QED) is 0.623. The molecule has 0 bridgehead atoms. The van der Waals surface area contributed by atoms with E-state index in [1.807, 2.05) is 18.5 Å². The van der Waals surface area contributed by atoms with E-state index < -0.39 is 5.91 Å². The van der Waals surface area contributed by atoms with Crippen molar-refractivity contribution in [1.82, 2.24) is 25.3 Å². The van der Waals surface area contributed by atoms with Crippen molar-refractivity contribution < 1.29 is 10.0 Å². The second-order valence-electron chi connectivity index (χ2n) is 7.52. The average Bonchev–Trinajstić information content (AvgIpc) is 3.11. The number of amides is 1. The molecule has 8 nitrogen and oxygen atoms in total. The molecule has 4 rings (SSSR count). The third kappa shape index (κ3) is 3.91. The second kappa shape index (κ2) is 7.58. The van der Waals surface area contributed by atoms with Gasteiger partial charge in [-0.2, -0.15) is 0 Å². The highest BCUT2D eigenvalue weighted by Gasteiger charge is 2.40. The Morgan fingerprint density at radius 2 is 1.89 bits per heavy atom. The number of likely N-dealkylation sites (tertiary alicyclic amines) is 1. The molecule has 2 N–H and O–H groups in total. The Labute approximate surface area is 158 Å². The molecule has 0 radical (unpaired) electrons. The molecule has 8 heteroatoms. The summed E-state index contributed by atoms with van der Waals surface area (Å²) in [7, 11) is 0. The lowest BCUT2D eigenvalue weighted by Crippen LogP contribution is -2.42. The van der Waals surface area contributed by atoms with Crippen LogP contribution >= 0.6 is 0 Å². The molecule has 0 unspecified atom stereocenters. The van der Waals surface area contributed by atoms with Gasteiger partial charge in [-0.05, 0) is 42.9 Å². The van der Waals surface area contributed by atoms with Crippen LogP contribution in [0.15, 0.2) is 36.9 Å². The van der Waals surface area contributed by atoms with Gasteiger partial charge < -0.3 is 4.90 Å². The molecule has 0 aliphatic carbocycles. The number of nitrogens with one attached hydrogen (secondary N) is 1. The van der Waals surface area contributed by atoms with Crippen molar-refractivity contribution in [2.45, 2.75) is 25.8 Å². The van der Waals surface area contributed by atoms with E-state index in [1.165, 1.54) is 24.4 Å². The normalized spacial score (nSPS) is 19.4. The van der Waals surface area contributed by atoms with Crippen LogP contribution in [0.4, 0.5) is 5.95 Å². The molecule has 2 fully saturated rings. The van der Waals surface area contributed by atoms with Gasteiger partial charge in [0.2, 0.25) is 5.95 Å². The number of hydrogen-bond acceptors (Lipinski definition) is 7. The topological polar surface area (TPSA) is 94.5 Å². The number of carbonyl (C=O) groups is 1. The zero-order valence-electron chi connectivity index (χ0n) is 15.2. The Morgan fingerprint density at radius 3 is 2.56 bits per heavy atom. The standard InChI is InChI=1S/C19H24N6O2/c26-17(23-27)16-11-21-18(22-12-16)25-8-4-19(5-9-25)3-7-24(14-19)13-15-2-1-6-20-10-15/h1-2,6,10-12,27H,3-5,7-9,13-14H2,(H,23,26). The van der Waals surface area contributed by atoms with Crippen LogP contribution in [0.1, 0.15) is 35.2 Å². The zero-order valence-corrected chi connectivity index (χ0v) is 15.2. The second-order valence-corrected chi connectivity index (χ2v) is 7.52. The summed E-state index contributed by atoms with van der Waals surface area (Å²) in [6, 6.07) is 4.13. The van der Waals surface area contributed by atoms with Crippen LogP contribution in [0.3, 0.4) is 0 Å². The third-order valence-corrected chi connectivity index (χ3v) is 5.76. The van der Waals surface area contributed by atoms with Crippen LogP contribution in [0.2, 0.25) is 0 Å². The first-order chi connectivity index (χ1) is 13.2. The SMILES string of the molecule is O=C(NO)c1cnc(N2CCC3(CCN(Cc4cccnc4)C3)CC2)nc1. The van der Waals surface area contributed by atoms with Gasteiger partial charge in [-0.1, -0.05) is 6.07 Å². The number of piperidine rings is 1. The number of hydrogen-bond donors (Lipinski definition) is 2. The fraction of sp³-hybridized carbons (Fsp3) is 0.474. The molecule has 2 aliphatic heterocycles. The summed E-state index contributed by atoms with van der Waals surface area (Å²) in [5, 5.41) is 8.67. The molecule has 142 valence electrons. The zero-order chi connectivity index (χ0) is 18.7. The third-order valence-electron chi connectivity index (χ3n) is 5.76. The monoisotopic (exact) mass is 368 g/mol. The lowest BCUT2D eigenvalue weighted by atomic mass is 9.78. The van der Waals surface area contributed by atoms with Crippen LogP contribution in [-0.2, 0) is 6.54 Å². The van der Waals surface area contributed by atoms with Crippen molar-refractivity contribution in [2.75, 3.05) is 31.1 Å². The largest absolute Gasteiger partial charge is 0.341 e. The summed E-state index contributed by atoms with van der Waals surface area (Å²) in [5.74, 6) is 0.0448. The number of carbonyl (C=O) groups excluding carboxylic acids is 1. The molecule has 0 aromatic carbocycles. The van der Waals surface area contributed by atoms with Crippen LogP contribution in [0, 0.1) is 5.41 Å². The van der Waals surface area contributed by atoms with E-state index in [2.05, 4.69) is 30.8 Å². The fourth-order valence-electron chi connectivity index (χ4n) is 4.17. The predicted molar refractivity (Wildman–Crippen MR) is 99.3 cm³/mol. The highest BCUT2D eigenvalue weighted by atomic mass is 16.5. The molecule has 1 amide bonds. The molecular formula is C19H24N6O2. The van der Waals surface area contributed by atoms with Crippen molar-refractivity contribution in [3.05, 3.63) is 48.0 Å². The Kier molecular flexibility index (Phi) is 5.00. The van der Waals surface area contributed by atoms with Gasteiger partial charge in [-0.15, -0.1) is 0 Å². The predicted octanol–water partition coefficient (Wildman–Crippen LogP) is 1.48. The van der Waals surface area contributed by atoms with Crippen molar-refractivity contribution in [1.29, 1.82) is 0 Å². The van der Waals surface area contributed by atoms with Gasteiger partial charge in [0, 0.05) is 51.0 Å². The van der Waals surface area contributed by atoms with Crippen LogP contribution in [0.5, 0.6) is 0 Å². The minimum atomic E-state index is -0.598. The van der Waals surface area contributed by atoms with Gasteiger partial charge in [0.1, 0.15) is 0 Å². The Bertz CT molecular complexity index is 775. The first-order valence-electron chi connectivity index (χ1n) is 9.30. The molecular weight excluding hydrogens is 344 g/mol. The number of anilines is 1. The maximum atomic E-state index is 11.4. The first-order valence-corrected chi connectivity index (χ1v) is 9.30. The molecule has 27 heavy (non-hydrogen) atoms. The van der Waals surface area contributed by atoms with Gasteiger partial charge in [-0.3, -0.25) is 19.9 Å². The molecule has 2 aliphatic rings. The smallest absolute Gasteiger partial charge is 0.277 e. The van der Waals surface area contributed by atoms with E-state index in [-0.39, 0.29) is 5.56 Å². The number of aromatic nitrogens is 3. The Morgan fingerprint density at radius 1 is 1.15 bits per heavy atom. The lowest BCUT2D eigenvalue weighted by Gasteiger charge is -2.39. The molecule has 0 saturated carbocycles. The summed E-state index contributed by atoms with van der Waals surface area (Å²) in [6.07, 6.45) is 10.1. The summed E-state index contributed by atoms with van der Waals surface area (Å²) < 4.78 is 0. The number of pyridine rings is 1. The van der Waals surface area contributed by atoms with Gasteiger partial charge in [0.05, 0.1) is 5.56 Å². The van der Waals surface area contributed by atoms with Crippen molar-refractivity contribution in [3.63, 3.8) is 0 Å². The van der Waals surface area contributed by atoms with Crippen LogP contribution < -0.4 is 10.4 Å². The van der Waals surface area contributed by atoms with E-state index in [9.17, 15) is 4.79 Å². The van der Waals surface area contributed by atoms with Crippen molar-refractivity contribution in [2.24, 2.45) is 5.41 Å². The maximum Gasteiger partial charge on any atom is 0.277 e. The molecule has 2 aromatic rings. The van der Waals surface area contributed by atoms with Crippen molar-refractivity contribution in [3.8, 4) is 0 Å². The first kappa shape index (κ1) is 17.8. The van der Waals surface area contributed by atoms with Gasteiger partial charge in [0.25, 0.3) is 5.91 Å². The summed E-state index contributed by atoms with van der Waals surface area (Å²) >= 11 is 0. The van der Waals surface area contributed by atoms with Gasteiger partial charge >= 0.3 is 0 Å². The molecule has 2 saturated heterocycles. The van der Waals surface area contributed by atoms with Gasteiger partial charge in [0.15, 0.2) is 0 Å². The lowest BCUT2D eigenvalue weighted by molar-refractivity contribution is 0.0705. The van der Waals surface area contributed by atoms with E-state index in [0.717, 1.165) is 45.6 Å². The minimum absolute atomic E-state index is 0.247. The summed E-state index contributed by atoms with van der Waals surface area (Å²) in [5.41, 5.74) is 3.50. The van der Waals surface area contributed by atoms with E-state index in [1.54, 1.807) is 5.48 Å². The van der Waals surface area contributed by atoms with Crippen LogP contribution in [0.25, 0.3) is 0 Å². The van der Waals surface area contributed by atoms with Crippen molar-refractivity contribution >= 4 is 11.9 Å². The van der Waals surface area contributed by atoms with E-state index in [4.69, 9.17) is 5.21 Å². The maximum absolute atomic E-state index is 11.4.